The molecule has 126 valence electrons. The van der Waals surface area contributed by atoms with E-state index in [0.29, 0.717) is 12.0 Å². The van der Waals surface area contributed by atoms with Gasteiger partial charge in [-0.25, -0.2) is 4.79 Å². The van der Waals surface area contributed by atoms with E-state index in [4.69, 9.17) is 0 Å². The van der Waals surface area contributed by atoms with Crippen LogP contribution in [0.2, 0.25) is 0 Å². The third kappa shape index (κ3) is 7.75. The van der Waals surface area contributed by atoms with E-state index in [2.05, 4.69) is 37.7 Å². The van der Waals surface area contributed by atoms with Gasteiger partial charge in [0.15, 0.2) is 0 Å². The van der Waals surface area contributed by atoms with Crippen LogP contribution in [0.25, 0.3) is 0 Å². The minimum atomic E-state index is -1.22. The Bertz CT molecular complexity index is 534. The predicted molar refractivity (Wildman–Crippen MR) is 90.5 cm³/mol. The van der Waals surface area contributed by atoms with E-state index in [9.17, 15) is 14.7 Å². The standard InChI is InChI=1S/C19H26O4/c1-14(2)6-4-7-15(3)8-5-9-16(13-20)10-11-17-12-18(21)23-19(17)22/h6,8,10-13,16,19,22H,4-5,7,9H2,1-3H3/b11-10+,15-8?. The Morgan fingerprint density at radius 2 is 2.04 bits per heavy atom. The molecule has 0 spiro atoms. The van der Waals surface area contributed by atoms with Crippen molar-refractivity contribution in [3.63, 3.8) is 0 Å². The van der Waals surface area contributed by atoms with Gasteiger partial charge in [-0.1, -0.05) is 35.5 Å². The van der Waals surface area contributed by atoms with Crippen LogP contribution in [0.3, 0.4) is 0 Å². The number of hydrogen-bond donors (Lipinski definition) is 1. The summed E-state index contributed by atoms with van der Waals surface area (Å²) in [5, 5.41) is 9.45. The number of carbonyl (C=O) groups is 2. The van der Waals surface area contributed by atoms with E-state index in [1.165, 1.54) is 17.2 Å². The van der Waals surface area contributed by atoms with Crippen molar-refractivity contribution in [3.05, 3.63) is 47.1 Å². The minimum Gasteiger partial charge on any atom is -0.428 e. The lowest BCUT2D eigenvalue weighted by atomic mass is 10.0. The first-order valence-electron chi connectivity index (χ1n) is 7.95. The highest BCUT2D eigenvalue weighted by Gasteiger charge is 2.21. The number of aliphatic hydroxyl groups excluding tert-OH is 1. The monoisotopic (exact) mass is 318 g/mol. The van der Waals surface area contributed by atoms with Gasteiger partial charge in [0.05, 0.1) is 0 Å². The first-order chi connectivity index (χ1) is 10.9. The second-order valence-corrected chi connectivity index (χ2v) is 6.04. The zero-order valence-corrected chi connectivity index (χ0v) is 14.1. The lowest BCUT2D eigenvalue weighted by Crippen LogP contribution is -2.09. The van der Waals surface area contributed by atoms with Crippen LogP contribution in [0.1, 0.15) is 46.5 Å². The quantitative estimate of drug-likeness (QED) is 0.400. The number of ether oxygens (including phenoxy) is 1. The van der Waals surface area contributed by atoms with E-state index in [1.54, 1.807) is 12.2 Å². The largest absolute Gasteiger partial charge is 0.428 e. The number of esters is 1. The van der Waals surface area contributed by atoms with Crippen LogP contribution in [0.15, 0.2) is 47.1 Å². The summed E-state index contributed by atoms with van der Waals surface area (Å²) in [6.45, 7) is 6.29. The molecule has 0 radical (unpaired) electrons. The minimum absolute atomic E-state index is 0.236. The molecule has 1 rings (SSSR count). The molecule has 0 aromatic heterocycles. The summed E-state index contributed by atoms with van der Waals surface area (Å²) in [5.74, 6) is -0.796. The van der Waals surface area contributed by atoms with Crippen molar-refractivity contribution in [1.82, 2.24) is 0 Å². The van der Waals surface area contributed by atoms with Crippen LogP contribution in [0, 0.1) is 5.92 Å². The number of allylic oxidation sites excluding steroid dienone is 5. The molecule has 0 saturated heterocycles. The molecule has 0 aliphatic carbocycles. The zero-order chi connectivity index (χ0) is 17.2. The molecule has 4 nitrogen and oxygen atoms in total. The first kappa shape index (κ1) is 19.1. The first-order valence-corrected chi connectivity index (χ1v) is 7.95. The van der Waals surface area contributed by atoms with Crippen molar-refractivity contribution in [2.75, 3.05) is 0 Å². The van der Waals surface area contributed by atoms with Crippen LogP contribution in [-0.2, 0) is 14.3 Å². The average Bonchev–Trinajstić information content (AvgIpc) is 2.80. The SMILES string of the molecule is CC(C)=CCCC(C)=CCCC(C=O)/C=C/C1=CC(=O)OC1O. The van der Waals surface area contributed by atoms with Crippen molar-refractivity contribution >= 4 is 12.3 Å². The molecule has 4 heteroatoms. The maximum atomic E-state index is 11.1. The fraction of sp³-hybridized carbons (Fsp3) is 0.474. The Kier molecular flexibility index (Phi) is 8.27. The molecule has 23 heavy (non-hydrogen) atoms. The van der Waals surface area contributed by atoms with Gasteiger partial charge in [-0.05, 0) is 46.5 Å². The molecule has 0 bridgehead atoms. The Balaban J connectivity index is 2.42. The number of aliphatic hydroxyl groups is 1. The van der Waals surface area contributed by atoms with Crippen molar-refractivity contribution in [1.29, 1.82) is 0 Å². The molecular formula is C19H26O4. The summed E-state index contributed by atoms with van der Waals surface area (Å²) in [7, 11) is 0. The van der Waals surface area contributed by atoms with E-state index in [-0.39, 0.29) is 5.92 Å². The molecular weight excluding hydrogens is 292 g/mol. The van der Waals surface area contributed by atoms with Crippen molar-refractivity contribution in [3.8, 4) is 0 Å². The molecule has 0 aromatic rings. The number of rotatable bonds is 9. The summed E-state index contributed by atoms with van der Waals surface area (Å²) < 4.78 is 4.58. The van der Waals surface area contributed by atoms with E-state index >= 15 is 0 Å². The van der Waals surface area contributed by atoms with E-state index in [0.717, 1.165) is 25.5 Å². The van der Waals surface area contributed by atoms with Gasteiger partial charge in [-0.15, -0.1) is 0 Å². The zero-order valence-electron chi connectivity index (χ0n) is 14.1. The van der Waals surface area contributed by atoms with Gasteiger partial charge in [0.2, 0.25) is 6.29 Å². The predicted octanol–water partition coefficient (Wildman–Crippen LogP) is 3.63. The molecule has 1 heterocycles. The number of cyclic esters (lactones) is 1. The molecule has 2 atom stereocenters. The molecule has 0 fully saturated rings. The highest BCUT2D eigenvalue weighted by atomic mass is 16.6. The van der Waals surface area contributed by atoms with E-state index in [1.807, 2.05) is 0 Å². The second-order valence-electron chi connectivity index (χ2n) is 6.04. The average molecular weight is 318 g/mol. The van der Waals surface area contributed by atoms with Crippen LogP contribution in [0.4, 0.5) is 0 Å². The van der Waals surface area contributed by atoms with Gasteiger partial charge >= 0.3 is 5.97 Å². The maximum Gasteiger partial charge on any atom is 0.333 e. The molecule has 0 amide bonds. The lowest BCUT2D eigenvalue weighted by molar-refractivity contribution is -0.150. The second kappa shape index (κ2) is 9.95. The van der Waals surface area contributed by atoms with Crippen molar-refractivity contribution < 1.29 is 19.4 Å². The van der Waals surface area contributed by atoms with Crippen LogP contribution in [-0.4, -0.2) is 23.7 Å². The Morgan fingerprint density at radius 3 is 2.61 bits per heavy atom. The third-order valence-corrected chi connectivity index (χ3v) is 3.59. The summed E-state index contributed by atoms with van der Waals surface area (Å²) in [6, 6.07) is 0. The molecule has 0 aromatic carbocycles. The Morgan fingerprint density at radius 1 is 1.30 bits per heavy atom. The molecule has 1 aliphatic rings. The smallest absolute Gasteiger partial charge is 0.333 e. The van der Waals surface area contributed by atoms with Gasteiger partial charge in [0, 0.05) is 17.6 Å². The van der Waals surface area contributed by atoms with Crippen LogP contribution in [0.5, 0.6) is 0 Å². The number of hydrogen-bond acceptors (Lipinski definition) is 4. The lowest BCUT2D eigenvalue weighted by Gasteiger charge is -2.05. The molecule has 2 unspecified atom stereocenters. The summed E-state index contributed by atoms with van der Waals surface area (Å²) in [4.78, 5) is 22.1. The fourth-order valence-corrected chi connectivity index (χ4v) is 2.21. The van der Waals surface area contributed by atoms with Gasteiger partial charge in [-0.2, -0.15) is 0 Å². The van der Waals surface area contributed by atoms with Gasteiger partial charge in [-0.3, -0.25) is 0 Å². The normalized spacial score (nSPS) is 19.5. The number of aldehydes is 1. The Hall–Kier alpha value is -1.94. The van der Waals surface area contributed by atoms with Gasteiger partial charge < -0.3 is 14.6 Å². The maximum absolute atomic E-state index is 11.1. The fourth-order valence-electron chi connectivity index (χ4n) is 2.21. The summed E-state index contributed by atoms with van der Waals surface area (Å²) >= 11 is 0. The van der Waals surface area contributed by atoms with Gasteiger partial charge in [0.25, 0.3) is 0 Å². The van der Waals surface area contributed by atoms with E-state index < -0.39 is 12.3 Å². The topological polar surface area (TPSA) is 63.6 Å². The Labute approximate surface area is 138 Å². The molecule has 0 saturated carbocycles. The van der Waals surface area contributed by atoms with Crippen LogP contribution >= 0.6 is 0 Å². The van der Waals surface area contributed by atoms with Crippen molar-refractivity contribution in [2.45, 2.75) is 52.7 Å². The molecule has 1 aliphatic heterocycles. The highest BCUT2D eigenvalue weighted by Crippen LogP contribution is 2.17. The van der Waals surface area contributed by atoms with Crippen molar-refractivity contribution in [2.24, 2.45) is 5.92 Å². The third-order valence-electron chi connectivity index (χ3n) is 3.59. The highest BCUT2D eigenvalue weighted by molar-refractivity contribution is 5.86. The summed E-state index contributed by atoms with van der Waals surface area (Å²) in [6.07, 6.45) is 12.2. The summed E-state index contributed by atoms with van der Waals surface area (Å²) in [5.41, 5.74) is 3.04. The molecule has 1 N–H and O–H groups in total. The van der Waals surface area contributed by atoms with Crippen LogP contribution < -0.4 is 0 Å². The van der Waals surface area contributed by atoms with Gasteiger partial charge in [0.1, 0.15) is 6.29 Å². The number of carbonyl (C=O) groups excluding carboxylic acids is 2.